The van der Waals surface area contributed by atoms with Crippen molar-refractivity contribution in [2.75, 3.05) is 5.32 Å². The van der Waals surface area contributed by atoms with E-state index in [2.05, 4.69) is 15.3 Å². The van der Waals surface area contributed by atoms with Gasteiger partial charge in [0.15, 0.2) is 0 Å². The van der Waals surface area contributed by atoms with Crippen LogP contribution in [0.25, 0.3) is 10.9 Å². The summed E-state index contributed by atoms with van der Waals surface area (Å²) in [6.07, 6.45) is -2.51. The maximum Gasteiger partial charge on any atom is 0.416 e. The highest BCUT2D eigenvalue weighted by Crippen LogP contribution is 2.33. The zero-order valence-electron chi connectivity index (χ0n) is 14.0. The molecule has 1 N–H and O–H groups in total. The van der Waals surface area contributed by atoms with E-state index >= 15 is 0 Å². The maximum absolute atomic E-state index is 13.3. The van der Waals surface area contributed by atoms with Gasteiger partial charge in [-0.15, -0.1) is 0 Å². The molecule has 7 heteroatoms. The van der Waals surface area contributed by atoms with Crippen LogP contribution in [0.1, 0.15) is 24.5 Å². The molecule has 0 saturated heterocycles. The van der Waals surface area contributed by atoms with E-state index in [9.17, 15) is 17.6 Å². The van der Waals surface area contributed by atoms with E-state index in [0.717, 1.165) is 17.0 Å². The molecule has 0 saturated carbocycles. The molecule has 0 radical (unpaired) electrons. The number of hydrogen-bond donors (Lipinski definition) is 1. The first-order chi connectivity index (χ1) is 12.4. The third kappa shape index (κ3) is 3.92. The Morgan fingerprint density at radius 1 is 1.08 bits per heavy atom. The summed E-state index contributed by atoms with van der Waals surface area (Å²) in [4.78, 5) is 8.39. The standard InChI is InChI=1S/C19H17F4N3/c1-2-14(9-12-7-8-13(20)10-16(12)19(21,22)23)26-18-15-5-3-4-6-17(15)24-11-25-18/h3-8,10-11,14H,2,9H2,1H3,(H,24,25,26). The number of halogens is 4. The monoisotopic (exact) mass is 363 g/mol. The van der Waals surface area contributed by atoms with Crippen LogP contribution in [0, 0.1) is 5.82 Å². The lowest BCUT2D eigenvalue weighted by Gasteiger charge is -2.21. The van der Waals surface area contributed by atoms with Gasteiger partial charge in [-0.25, -0.2) is 14.4 Å². The number of fused-ring (bicyclic) bond motifs is 1. The third-order valence-electron chi connectivity index (χ3n) is 4.22. The van der Waals surface area contributed by atoms with Crippen LogP contribution in [0.2, 0.25) is 0 Å². The molecule has 1 aromatic heterocycles. The second-order valence-electron chi connectivity index (χ2n) is 5.99. The van der Waals surface area contributed by atoms with Gasteiger partial charge in [0, 0.05) is 11.4 Å². The van der Waals surface area contributed by atoms with Crippen LogP contribution in [-0.2, 0) is 12.6 Å². The summed E-state index contributed by atoms with van der Waals surface area (Å²) >= 11 is 0. The minimum absolute atomic E-state index is 0.0524. The summed E-state index contributed by atoms with van der Waals surface area (Å²) in [6.45, 7) is 1.87. The van der Waals surface area contributed by atoms with Crippen LogP contribution in [0.15, 0.2) is 48.8 Å². The van der Waals surface area contributed by atoms with Gasteiger partial charge in [0.05, 0.1) is 11.1 Å². The summed E-state index contributed by atoms with van der Waals surface area (Å²) in [5, 5.41) is 4.00. The number of anilines is 1. The molecule has 1 unspecified atom stereocenters. The first kappa shape index (κ1) is 18.1. The first-order valence-corrected chi connectivity index (χ1v) is 8.20. The molecule has 0 fully saturated rings. The van der Waals surface area contributed by atoms with Crippen molar-refractivity contribution in [3.8, 4) is 0 Å². The molecule has 2 aromatic carbocycles. The predicted molar refractivity (Wildman–Crippen MR) is 92.3 cm³/mol. The van der Waals surface area contributed by atoms with Gasteiger partial charge >= 0.3 is 6.18 Å². The number of nitrogens with one attached hydrogen (secondary N) is 1. The van der Waals surface area contributed by atoms with E-state index in [1.54, 1.807) is 0 Å². The summed E-state index contributed by atoms with van der Waals surface area (Å²) in [5.74, 6) is -0.331. The number of para-hydroxylation sites is 1. The Balaban J connectivity index is 1.89. The second kappa shape index (κ2) is 7.27. The van der Waals surface area contributed by atoms with Gasteiger partial charge in [-0.1, -0.05) is 25.1 Å². The van der Waals surface area contributed by atoms with E-state index in [4.69, 9.17) is 0 Å². The highest BCUT2D eigenvalue weighted by molar-refractivity contribution is 5.88. The average Bonchev–Trinajstić information content (AvgIpc) is 2.62. The Labute approximate surface area is 148 Å². The number of alkyl halides is 3. The van der Waals surface area contributed by atoms with Gasteiger partial charge in [0.2, 0.25) is 0 Å². The van der Waals surface area contributed by atoms with Crippen LogP contribution in [0.4, 0.5) is 23.4 Å². The first-order valence-electron chi connectivity index (χ1n) is 8.20. The number of benzene rings is 2. The molecule has 3 rings (SSSR count). The fourth-order valence-corrected chi connectivity index (χ4v) is 2.87. The van der Waals surface area contributed by atoms with Crippen LogP contribution >= 0.6 is 0 Å². The fraction of sp³-hybridized carbons (Fsp3) is 0.263. The van der Waals surface area contributed by atoms with Crippen LogP contribution in [0.5, 0.6) is 0 Å². The Hall–Kier alpha value is -2.70. The van der Waals surface area contributed by atoms with E-state index in [1.807, 2.05) is 31.2 Å². The third-order valence-corrected chi connectivity index (χ3v) is 4.22. The van der Waals surface area contributed by atoms with Crippen molar-refractivity contribution in [3.63, 3.8) is 0 Å². The summed E-state index contributed by atoms with van der Waals surface area (Å²) in [5.41, 5.74) is -0.139. The van der Waals surface area contributed by atoms with E-state index in [1.165, 1.54) is 12.4 Å². The molecule has 3 aromatic rings. The Kier molecular flexibility index (Phi) is 5.06. The zero-order chi connectivity index (χ0) is 18.7. The predicted octanol–water partition coefficient (Wildman–Crippen LogP) is 5.22. The molecule has 0 aliphatic heterocycles. The van der Waals surface area contributed by atoms with Crippen molar-refractivity contribution in [3.05, 3.63) is 65.7 Å². The Morgan fingerprint density at radius 2 is 1.85 bits per heavy atom. The molecule has 26 heavy (non-hydrogen) atoms. The molecule has 0 aliphatic carbocycles. The number of aromatic nitrogens is 2. The van der Waals surface area contributed by atoms with E-state index in [0.29, 0.717) is 18.3 Å². The second-order valence-corrected chi connectivity index (χ2v) is 5.99. The topological polar surface area (TPSA) is 37.8 Å². The van der Waals surface area contributed by atoms with Gasteiger partial charge in [-0.2, -0.15) is 13.2 Å². The van der Waals surface area contributed by atoms with Gasteiger partial charge in [-0.3, -0.25) is 0 Å². The van der Waals surface area contributed by atoms with Gasteiger partial charge in [-0.05, 0) is 42.7 Å². The molecule has 0 aliphatic rings. The maximum atomic E-state index is 13.3. The van der Waals surface area contributed by atoms with Crippen molar-refractivity contribution in [1.29, 1.82) is 0 Å². The highest BCUT2D eigenvalue weighted by atomic mass is 19.4. The van der Waals surface area contributed by atoms with Crippen LogP contribution in [-0.4, -0.2) is 16.0 Å². The fourth-order valence-electron chi connectivity index (χ4n) is 2.87. The van der Waals surface area contributed by atoms with Crippen molar-refractivity contribution in [2.24, 2.45) is 0 Å². The lowest BCUT2D eigenvalue weighted by atomic mass is 9.98. The molecular formula is C19H17F4N3. The zero-order valence-corrected chi connectivity index (χ0v) is 14.0. The smallest absolute Gasteiger partial charge is 0.366 e. The van der Waals surface area contributed by atoms with Crippen molar-refractivity contribution in [2.45, 2.75) is 32.0 Å². The normalized spacial score (nSPS) is 13.0. The minimum atomic E-state index is -4.60. The quantitative estimate of drug-likeness (QED) is 0.632. The molecule has 0 amide bonds. The van der Waals surface area contributed by atoms with Crippen molar-refractivity contribution in [1.82, 2.24) is 9.97 Å². The molecular weight excluding hydrogens is 346 g/mol. The molecule has 1 atom stereocenters. The molecule has 136 valence electrons. The largest absolute Gasteiger partial charge is 0.416 e. The lowest BCUT2D eigenvalue weighted by molar-refractivity contribution is -0.138. The summed E-state index contributed by atoms with van der Waals surface area (Å²) in [7, 11) is 0. The van der Waals surface area contributed by atoms with Gasteiger partial charge in [0.1, 0.15) is 18.0 Å². The summed E-state index contributed by atoms with van der Waals surface area (Å²) in [6, 6.07) is 9.89. The molecule has 1 heterocycles. The lowest BCUT2D eigenvalue weighted by Crippen LogP contribution is -2.24. The number of hydrogen-bond acceptors (Lipinski definition) is 3. The Morgan fingerprint density at radius 3 is 2.58 bits per heavy atom. The average molecular weight is 363 g/mol. The van der Waals surface area contributed by atoms with E-state index in [-0.39, 0.29) is 18.0 Å². The number of nitrogens with zero attached hydrogens (tertiary/aromatic N) is 2. The van der Waals surface area contributed by atoms with Crippen LogP contribution < -0.4 is 5.32 Å². The molecule has 0 spiro atoms. The van der Waals surface area contributed by atoms with E-state index < -0.39 is 17.6 Å². The Bertz CT molecular complexity index is 903. The highest BCUT2D eigenvalue weighted by Gasteiger charge is 2.34. The summed E-state index contributed by atoms with van der Waals surface area (Å²) < 4.78 is 52.9. The molecule has 3 nitrogen and oxygen atoms in total. The van der Waals surface area contributed by atoms with Gasteiger partial charge < -0.3 is 5.32 Å². The van der Waals surface area contributed by atoms with Crippen molar-refractivity contribution >= 4 is 16.7 Å². The van der Waals surface area contributed by atoms with Crippen LogP contribution in [0.3, 0.4) is 0 Å². The molecule has 0 bridgehead atoms. The minimum Gasteiger partial charge on any atom is -0.366 e. The number of rotatable bonds is 5. The SMILES string of the molecule is CCC(Cc1ccc(F)cc1C(F)(F)F)Nc1ncnc2ccccc12. The van der Waals surface area contributed by atoms with Gasteiger partial charge in [0.25, 0.3) is 0 Å². The van der Waals surface area contributed by atoms with Crippen molar-refractivity contribution < 1.29 is 17.6 Å².